The number of hydrogen-bond acceptors (Lipinski definition) is 2. The molecule has 3 atom stereocenters. The molecule has 1 fully saturated rings. The predicted octanol–water partition coefficient (Wildman–Crippen LogP) is 3.62. The zero-order valence-corrected chi connectivity index (χ0v) is 11.4. The molecule has 20 heavy (non-hydrogen) atoms. The molecule has 1 aliphatic rings. The lowest BCUT2D eigenvalue weighted by Gasteiger charge is -2.36. The van der Waals surface area contributed by atoms with Crippen LogP contribution in [0.3, 0.4) is 0 Å². The molecule has 1 heterocycles. The van der Waals surface area contributed by atoms with E-state index in [0.717, 1.165) is 5.56 Å². The third-order valence-corrected chi connectivity index (χ3v) is 3.76. The first-order valence-electron chi connectivity index (χ1n) is 6.92. The molecule has 3 rings (SSSR count). The molecule has 2 aromatic carbocycles. The number of ether oxygens (including phenoxy) is 1. The van der Waals surface area contributed by atoms with Crippen LogP contribution >= 0.6 is 0 Å². The quantitative estimate of drug-likeness (QED) is 0.900. The molecule has 1 N–H and O–H groups in total. The van der Waals surface area contributed by atoms with E-state index in [-0.39, 0.29) is 24.0 Å². The van der Waals surface area contributed by atoms with Crippen LogP contribution in [0.5, 0.6) is 0 Å². The van der Waals surface area contributed by atoms with E-state index in [1.165, 1.54) is 17.7 Å². The molecule has 0 amide bonds. The average Bonchev–Trinajstić information content (AvgIpc) is 2.49. The van der Waals surface area contributed by atoms with E-state index in [0.29, 0.717) is 6.61 Å². The van der Waals surface area contributed by atoms with Crippen molar-refractivity contribution in [3.8, 4) is 0 Å². The van der Waals surface area contributed by atoms with Gasteiger partial charge in [-0.25, -0.2) is 4.39 Å². The predicted molar refractivity (Wildman–Crippen MR) is 76.9 cm³/mol. The SMILES string of the molecule is CC1NC(c2ccccc2)COC1c1ccc(F)cc1. The highest BCUT2D eigenvalue weighted by Gasteiger charge is 2.29. The maximum absolute atomic E-state index is 13.0. The number of rotatable bonds is 2. The molecule has 0 radical (unpaired) electrons. The Hall–Kier alpha value is -1.71. The third-order valence-electron chi connectivity index (χ3n) is 3.76. The normalized spacial score (nSPS) is 26.4. The molecule has 1 aliphatic heterocycles. The summed E-state index contributed by atoms with van der Waals surface area (Å²) in [6, 6.07) is 17.2. The van der Waals surface area contributed by atoms with Crippen molar-refractivity contribution < 1.29 is 9.13 Å². The molecule has 2 aromatic rings. The van der Waals surface area contributed by atoms with Gasteiger partial charge in [-0.15, -0.1) is 0 Å². The van der Waals surface area contributed by atoms with E-state index < -0.39 is 0 Å². The standard InChI is InChI=1S/C17H18FNO/c1-12-17(14-7-9-15(18)10-8-14)20-11-16(19-12)13-5-3-2-4-6-13/h2-10,12,16-17,19H,11H2,1H3. The molecule has 104 valence electrons. The van der Waals surface area contributed by atoms with Crippen molar-refractivity contribution in [2.75, 3.05) is 6.61 Å². The molecule has 3 unspecified atom stereocenters. The molecular formula is C17H18FNO. The topological polar surface area (TPSA) is 21.3 Å². The second-order valence-electron chi connectivity index (χ2n) is 5.22. The average molecular weight is 271 g/mol. The summed E-state index contributed by atoms with van der Waals surface area (Å²) >= 11 is 0. The van der Waals surface area contributed by atoms with Gasteiger partial charge in [0.2, 0.25) is 0 Å². The smallest absolute Gasteiger partial charge is 0.123 e. The van der Waals surface area contributed by atoms with Gasteiger partial charge in [0.15, 0.2) is 0 Å². The van der Waals surface area contributed by atoms with E-state index >= 15 is 0 Å². The van der Waals surface area contributed by atoms with Crippen LogP contribution in [0.2, 0.25) is 0 Å². The molecule has 0 aliphatic carbocycles. The second kappa shape index (κ2) is 5.73. The first-order chi connectivity index (χ1) is 9.74. The van der Waals surface area contributed by atoms with Gasteiger partial charge in [0.05, 0.1) is 18.8 Å². The summed E-state index contributed by atoms with van der Waals surface area (Å²) in [5.41, 5.74) is 2.25. The number of hydrogen-bond donors (Lipinski definition) is 1. The summed E-state index contributed by atoms with van der Waals surface area (Å²) in [6.07, 6.45) is -0.0319. The fourth-order valence-electron chi connectivity index (χ4n) is 2.71. The number of nitrogens with one attached hydrogen (secondary N) is 1. The number of morpholine rings is 1. The van der Waals surface area contributed by atoms with Crippen LogP contribution in [0, 0.1) is 5.82 Å². The van der Waals surface area contributed by atoms with E-state index in [4.69, 9.17) is 4.74 Å². The monoisotopic (exact) mass is 271 g/mol. The zero-order chi connectivity index (χ0) is 13.9. The van der Waals surface area contributed by atoms with E-state index in [9.17, 15) is 4.39 Å². The van der Waals surface area contributed by atoms with E-state index in [2.05, 4.69) is 24.4 Å². The first-order valence-corrected chi connectivity index (χ1v) is 6.92. The Kier molecular flexibility index (Phi) is 3.81. The highest BCUT2D eigenvalue weighted by molar-refractivity contribution is 5.23. The summed E-state index contributed by atoms with van der Waals surface area (Å²) < 4.78 is 19.0. The minimum atomic E-state index is -0.215. The maximum atomic E-state index is 13.0. The third kappa shape index (κ3) is 2.74. The van der Waals surface area contributed by atoms with E-state index in [1.54, 1.807) is 12.1 Å². The summed E-state index contributed by atoms with van der Waals surface area (Å²) in [5, 5.41) is 3.58. The first kappa shape index (κ1) is 13.3. The van der Waals surface area contributed by atoms with Crippen molar-refractivity contribution >= 4 is 0 Å². The van der Waals surface area contributed by atoms with Crippen molar-refractivity contribution in [3.05, 3.63) is 71.5 Å². The largest absolute Gasteiger partial charge is 0.370 e. The van der Waals surface area contributed by atoms with Gasteiger partial charge in [0.1, 0.15) is 5.82 Å². The van der Waals surface area contributed by atoms with Crippen molar-refractivity contribution in [2.45, 2.75) is 25.1 Å². The highest BCUT2D eigenvalue weighted by Crippen LogP contribution is 2.29. The second-order valence-corrected chi connectivity index (χ2v) is 5.22. The molecule has 0 spiro atoms. The Morgan fingerprint density at radius 3 is 2.35 bits per heavy atom. The Bertz CT molecular complexity index is 555. The van der Waals surface area contributed by atoms with Crippen LogP contribution in [-0.2, 0) is 4.74 Å². The summed E-state index contributed by atoms with van der Waals surface area (Å²) in [5.74, 6) is -0.215. The zero-order valence-electron chi connectivity index (χ0n) is 11.4. The van der Waals surface area contributed by atoms with Crippen LogP contribution in [0.15, 0.2) is 54.6 Å². The molecule has 3 heteroatoms. The van der Waals surface area contributed by atoms with Crippen LogP contribution in [-0.4, -0.2) is 12.6 Å². The molecule has 0 aromatic heterocycles. The van der Waals surface area contributed by atoms with Crippen molar-refractivity contribution in [1.29, 1.82) is 0 Å². The Morgan fingerprint density at radius 1 is 1.00 bits per heavy atom. The lowest BCUT2D eigenvalue weighted by molar-refractivity contribution is -0.0253. The van der Waals surface area contributed by atoms with Crippen molar-refractivity contribution in [3.63, 3.8) is 0 Å². The number of halogens is 1. The van der Waals surface area contributed by atoms with Crippen LogP contribution in [0.1, 0.15) is 30.2 Å². The van der Waals surface area contributed by atoms with Crippen LogP contribution in [0.25, 0.3) is 0 Å². The summed E-state index contributed by atoms with van der Waals surface area (Å²) in [4.78, 5) is 0. The molecule has 2 nitrogen and oxygen atoms in total. The van der Waals surface area contributed by atoms with Gasteiger partial charge in [-0.1, -0.05) is 42.5 Å². The van der Waals surface area contributed by atoms with Gasteiger partial charge in [-0.3, -0.25) is 0 Å². The minimum absolute atomic E-state index is 0.0319. The molecule has 1 saturated heterocycles. The van der Waals surface area contributed by atoms with Crippen LogP contribution in [0.4, 0.5) is 4.39 Å². The lowest BCUT2D eigenvalue weighted by atomic mass is 9.98. The maximum Gasteiger partial charge on any atom is 0.123 e. The molecular weight excluding hydrogens is 253 g/mol. The van der Waals surface area contributed by atoms with Crippen LogP contribution < -0.4 is 5.32 Å². The van der Waals surface area contributed by atoms with Gasteiger partial charge in [0.25, 0.3) is 0 Å². The fraction of sp³-hybridized carbons (Fsp3) is 0.294. The molecule has 0 bridgehead atoms. The Labute approximate surface area is 118 Å². The van der Waals surface area contributed by atoms with Gasteiger partial charge in [-0.2, -0.15) is 0 Å². The van der Waals surface area contributed by atoms with Gasteiger partial charge in [0, 0.05) is 6.04 Å². The van der Waals surface area contributed by atoms with Gasteiger partial charge in [-0.05, 0) is 30.2 Å². The summed E-state index contributed by atoms with van der Waals surface area (Å²) in [7, 11) is 0. The van der Waals surface area contributed by atoms with E-state index in [1.807, 2.05) is 18.2 Å². The highest BCUT2D eigenvalue weighted by atomic mass is 19.1. The fourth-order valence-corrected chi connectivity index (χ4v) is 2.71. The Morgan fingerprint density at radius 2 is 1.70 bits per heavy atom. The lowest BCUT2D eigenvalue weighted by Crippen LogP contribution is -2.43. The van der Waals surface area contributed by atoms with Gasteiger partial charge < -0.3 is 10.1 Å². The molecule has 0 saturated carbocycles. The van der Waals surface area contributed by atoms with Crippen molar-refractivity contribution in [2.24, 2.45) is 0 Å². The van der Waals surface area contributed by atoms with Crippen molar-refractivity contribution in [1.82, 2.24) is 5.32 Å². The Balaban J connectivity index is 1.72. The minimum Gasteiger partial charge on any atom is -0.370 e. The number of benzene rings is 2. The summed E-state index contributed by atoms with van der Waals surface area (Å²) in [6.45, 7) is 2.72. The van der Waals surface area contributed by atoms with Gasteiger partial charge >= 0.3 is 0 Å².